The van der Waals surface area contributed by atoms with Gasteiger partial charge in [0.25, 0.3) is 0 Å². The average Bonchev–Trinajstić information content (AvgIpc) is 3.08. The van der Waals surface area contributed by atoms with Crippen LogP contribution < -0.4 is 5.73 Å². The van der Waals surface area contributed by atoms with Crippen LogP contribution in [-0.2, 0) is 11.3 Å². The van der Waals surface area contributed by atoms with Crippen LogP contribution in [0.25, 0.3) is 5.52 Å². The summed E-state index contributed by atoms with van der Waals surface area (Å²) in [7, 11) is 0. The Balaban J connectivity index is 1.52. The van der Waals surface area contributed by atoms with Crippen LogP contribution in [0.15, 0.2) is 41.1 Å². The third-order valence-corrected chi connectivity index (χ3v) is 5.43. The number of benzene rings is 1. The highest BCUT2D eigenvalue weighted by molar-refractivity contribution is 9.10. The van der Waals surface area contributed by atoms with Gasteiger partial charge in [0.15, 0.2) is 5.82 Å². The third kappa shape index (κ3) is 3.54. The molecule has 0 radical (unpaired) electrons. The molecule has 0 spiro atoms. The first-order valence-electron chi connectivity index (χ1n) is 8.98. The number of nitrogens with zero attached hydrogens (tertiary/aromatic N) is 4. The highest BCUT2D eigenvalue weighted by Crippen LogP contribution is 2.32. The van der Waals surface area contributed by atoms with Crippen molar-refractivity contribution < 1.29 is 13.9 Å². The zero-order chi connectivity index (χ0) is 19.7. The number of hydrogen-bond donors (Lipinski definition) is 1. The van der Waals surface area contributed by atoms with Crippen molar-refractivity contribution in [2.24, 2.45) is 0 Å². The zero-order valence-electron chi connectivity index (χ0n) is 15.0. The lowest BCUT2D eigenvalue weighted by Crippen LogP contribution is -2.39. The number of anilines is 1. The Morgan fingerprint density at radius 2 is 2.14 bits per heavy atom. The number of aromatic nitrogens is 3. The van der Waals surface area contributed by atoms with Gasteiger partial charge in [0.1, 0.15) is 22.6 Å². The summed E-state index contributed by atoms with van der Waals surface area (Å²) < 4.78 is 21.7. The van der Waals surface area contributed by atoms with Crippen LogP contribution in [0.4, 0.5) is 15.0 Å². The van der Waals surface area contributed by atoms with Crippen molar-refractivity contribution in [3.8, 4) is 0 Å². The van der Waals surface area contributed by atoms with Gasteiger partial charge in [-0.05, 0) is 34.3 Å². The van der Waals surface area contributed by atoms with Crippen molar-refractivity contribution in [2.45, 2.75) is 25.4 Å². The molecule has 0 saturated carbocycles. The molecular formula is C19H19BrFN5O2. The van der Waals surface area contributed by atoms with Gasteiger partial charge in [-0.15, -0.1) is 0 Å². The maximum atomic E-state index is 14.4. The topological polar surface area (TPSA) is 85.8 Å². The Labute approximate surface area is 169 Å². The second kappa shape index (κ2) is 7.75. The van der Waals surface area contributed by atoms with E-state index >= 15 is 0 Å². The van der Waals surface area contributed by atoms with Gasteiger partial charge >= 0.3 is 6.09 Å². The number of carbonyl (C=O) groups is 1. The molecule has 146 valence electrons. The van der Waals surface area contributed by atoms with E-state index in [-0.39, 0.29) is 24.4 Å². The summed E-state index contributed by atoms with van der Waals surface area (Å²) in [4.78, 5) is 22.5. The zero-order valence-corrected chi connectivity index (χ0v) is 16.6. The van der Waals surface area contributed by atoms with Crippen LogP contribution in [0.5, 0.6) is 0 Å². The van der Waals surface area contributed by atoms with Crippen LogP contribution in [0, 0.1) is 5.95 Å². The maximum Gasteiger partial charge on any atom is 0.410 e. The smallest absolute Gasteiger partial charge is 0.410 e. The average molecular weight is 448 g/mol. The molecule has 3 aromatic rings. The van der Waals surface area contributed by atoms with Crippen molar-refractivity contribution in [1.29, 1.82) is 0 Å². The van der Waals surface area contributed by atoms with Crippen LogP contribution in [0.1, 0.15) is 30.1 Å². The number of carbonyl (C=O) groups excluding carboxylic acids is 1. The Bertz CT molecular complexity index is 1010. The summed E-state index contributed by atoms with van der Waals surface area (Å²) >= 11 is 3.34. The molecule has 1 saturated heterocycles. The van der Waals surface area contributed by atoms with Crippen molar-refractivity contribution in [3.63, 3.8) is 0 Å². The number of likely N-dealkylation sites (tertiary alicyclic amines) is 1. The Hall–Kier alpha value is -2.68. The van der Waals surface area contributed by atoms with Crippen molar-refractivity contribution in [2.75, 3.05) is 18.8 Å². The van der Waals surface area contributed by atoms with Gasteiger partial charge in [0.05, 0.1) is 6.20 Å². The summed E-state index contributed by atoms with van der Waals surface area (Å²) in [5, 5.41) is 0. The SMILES string of the molecule is Nc1ncc(F)n2c([C@@H]3CCCN(C(=O)OCc4ccccc4)C3)nc(Br)c12. The third-order valence-electron chi connectivity index (χ3n) is 4.88. The molecule has 0 aliphatic carbocycles. The van der Waals surface area contributed by atoms with E-state index < -0.39 is 5.95 Å². The fraction of sp³-hybridized carbons (Fsp3) is 0.316. The normalized spacial score (nSPS) is 17.1. The van der Waals surface area contributed by atoms with Gasteiger partial charge in [-0.3, -0.25) is 4.40 Å². The summed E-state index contributed by atoms with van der Waals surface area (Å²) in [6.07, 6.45) is 2.26. The molecule has 0 unspecified atom stereocenters. The van der Waals surface area contributed by atoms with Gasteiger partial charge in [0, 0.05) is 19.0 Å². The molecule has 1 amide bonds. The molecule has 0 bridgehead atoms. The second-order valence-corrected chi connectivity index (χ2v) is 7.49. The number of amides is 1. The standard InChI is InChI=1S/C19H19BrFN5O2/c20-16-15-17(22)23-9-14(21)26(15)18(24-16)13-7-4-8-25(10-13)19(27)28-11-12-5-2-1-3-6-12/h1-3,5-6,9,13H,4,7-8,10-11H2,(H2,22,23)/t13-/m1/s1. The largest absolute Gasteiger partial charge is 0.445 e. The first-order valence-corrected chi connectivity index (χ1v) is 9.77. The van der Waals surface area contributed by atoms with E-state index in [9.17, 15) is 9.18 Å². The van der Waals surface area contributed by atoms with E-state index in [2.05, 4.69) is 25.9 Å². The molecule has 1 atom stereocenters. The molecular weight excluding hydrogens is 429 g/mol. The lowest BCUT2D eigenvalue weighted by atomic mass is 9.97. The van der Waals surface area contributed by atoms with E-state index in [4.69, 9.17) is 10.5 Å². The van der Waals surface area contributed by atoms with Crippen molar-refractivity contribution >= 4 is 33.4 Å². The second-order valence-electron chi connectivity index (χ2n) is 6.74. The first-order chi connectivity index (χ1) is 13.5. The van der Waals surface area contributed by atoms with Gasteiger partial charge in [-0.2, -0.15) is 4.39 Å². The predicted molar refractivity (Wildman–Crippen MR) is 105 cm³/mol. The number of ether oxygens (including phenoxy) is 1. The number of halogens is 2. The van der Waals surface area contributed by atoms with Gasteiger partial charge < -0.3 is 15.4 Å². The maximum absolute atomic E-state index is 14.4. The monoisotopic (exact) mass is 447 g/mol. The highest BCUT2D eigenvalue weighted by Gasteiger charge is 2.30. The van der Waals surface area contributed by atoms with Crippen LogP contribution in [0.2, 0.25) is 0 Å². The minimum absolute atomic E-state index is 0.131. The molecule has 1 aliphatic heterocycles. The van der Waals surface area contributed by atoms with Gasteiger partial charge in [-0.25, -0.2) is 14.8 Å². The number of hydrogen-bond acceptors (Lipinski definition) is 5. The van der Waals surface area contributed by atoms with Crippen molar-refractivity contribution in [3.05, 3.63) is 58.5 Å². The molecule has 7 nitrogen and oxygen atoms in total. The van der Waals surface area contributed by atoms with Crippen LogP contribution >= 0.6 is 15.9 Å². The number of fused-ring (bicyclic) bond motifs is 1. The number of nitrogens with two attached hydrogens (primary N) is 1. The Kier molecular flexibility index (Phi) is 5.17. The lowest BCUT2D eigenvalue weighted by Gasteiger charge is -2.31. The van der Waals surface area contributed by atoms with Gasteiger partial charge in [0.2, 0.25) is 5.95 Å². The summed E-state index contributed by atoms with van der Waals surface area (Å²) in [6.45, 7) is 1.22. The lowest BCUT2D eigenvalue weighted by molar-refractivity contribution is 0.0852. The van der Waals surface area contributed by atoms with E-state index in [0.29, 0.717) is 29.0 Å². The van der Waals surface area contributed by atoms with Crippen LogP contribution in [-0.4, -0.2) is 38.5 Å². The number of rotatable bonds is 3. The van der Waals surface area contributed by atoms with Gasteiger partial charge in [-0.1, -0.05) is 30.3 Å². The quantitative estimate of drug-likeness (QED) is 0.660. The van der Waals surface area contributed by atoms with E-state index in [0.717, 1.165) is 24.6 Å². The molecule has 1 aromatic carbocycles. The van der Waals surface area contributed by atoms with E-state index in [1.807, 2.05) is 30.3 Å². The predicted octanol–water partition coefficient (Wildman–Crippen LogP) is 3.73. The van der Waals surface area contributed by atoms with E-state index in [1.165, 1.54) is 4.40 Å². The molecule has 1 aliphatic rings. The molecule has 28 heavy (non-hydrogen) atoms. The Morgan fingerprint density at radius 1 is 1.36 bits per heavy atom. The van der Waals surface area contributed by atoms with Crippen molar-refractivity contribution in [1.82, 2.24) is 19.3 Å². The summed E-state index contributed by atoms with van der Waals surface area (Å²) in [6, 6.07) is 9.52. The van der Waals surface area contributed by atoms with Crippen LogP contribution in [0.3, 0.4) is 0 Å². The summed E-state index contributed by atoms with van der Waals surface area (Å²) in [5.74, 6) is 0.0466. The highest BCUT2D eigenvalue weighted by atomic mass is 79.9. The summed E-state index contributed by atoms with van der Waals surface area (Å²) in [5.41, 5.74) is 7.22. The number of nitrogen functional groups attached to an aromatic ring is 1. The molecule has 2 N–H and O–H groups in total. The molecule has 4 rings (SSSR count). The molecule has 3 heterocycles. The Morgan fingerprint density at radius 3 is 2.93 bits per heavy atom. The minimum atomic E-state index is -0.541. The minimum Gasteiger partial charge on any atom is -0.445 e. The molecule has 2 aromatic heterocycles. The fourth-order valence-electron chi connectivity index (χ4n) is 3.53. The number of imidazole rings is 1. The fourth-order valence-corrected chi connectivity index (χ4v) is 4.09. The molecule has 1 fully saturated rings. The number of piperidine rings is 1. The van der Waals surface area contributed by atoms with E-state index in [1.54, 1.807) is 4.90 Å². The first kappa shape index (κ1) is 18.7. The molecule has 9 heteroatoms.